The Morgan fingerprint density at radius 1 is 1.50 bits per heavy atom. The molecule has 86 valence electrons. The highest BCUT2D eigenvalue weighted by molar-refractivity contribution is 6.29. The van der Waals surface area contributed by atoms with E-state index < -0.39 is 18.0 Å². The van der Waals surface area contributed by atoms with E-state index in [0.717, 1.165) is 0 Å². The molecule has 1 amide bonds. The Morgan fingerprint density at radius 2 is 2.19 bits per heavy atom. The van der Waals surface area contributed by atoms with Crippen LogP contribution >= 0.6 is 11.6 Å². The summed E-state index contributed by atoms with van der Waals surface area (Å²) < 4.78 is 0. The molecule has 3 N–H and O–H groups in total. The van der Waals surface area contributed by atoms with Crippen LogP contribution in [0.25, 0.3) is 0 Å². The van der Waals surface area contributed by atoms with E-state index in [1.54, 1.807) is 0 Å². The average Bonchev–Trinajstić information content (AvgIpc) is 2.26. The number of aromatic nitrogens is 1. The van der Waals surface area contributed by atoms with E-state index in [-0.39, 0.29) is 17.3 Å². The third-order valence-corrected chi connectivity index (χ3v) is 1.95. The minimum absolute atomic E-state index is 0.238. The standard InChI is InChI=1S/C9H9ClN2O4/c10-7-2-1-5(3-11-7)8(14)12-4-6(13)9(15)16/h1-3,6,13H,4H2,(H,12,14)(H,15,16)/t6-/m0/s1. The lowest BCUT2D eigenvalue weighted by Crippen LogP contribution is -2.36. The largest absolute Gasteiger partial charge is 0.479 e. The molecule has 0 bridgehead atoms. The molecule has 1 atom stereocenters. The summed E-state index contributed by atoms with van der Waals surface area (Å²) in [5, 5.41) is 19.8. The zero-order valence-corrected chi connectivity index (χ0v) is 8.81. The minimum atomic E-state index is -1.62. The Morgan fingerprint density at radius 3 is 2.69 bits per heavy atom. The number of amides is 1. The van der Waals surface area contributed by atoms with Crippen LogP contribution in [0.4, 0.5) is 0 Å². The van der Waals surface area contributed by atoms with Gasteiger partial charge in [-0.05, 0) is 12.1 Å². The maximum atomic E-state index is 11.4. The van der Waals surface area contributed by atoms with Crippen molar-refractivity contribution in [3.63, 3.8) is 0 Å². The summed E-state index contributed by atoms with van der Waals surface area (Å²) >= 11 is 5.52. The Bertz CT molecular complexity index is 393. The van der Waals surface area contributed by atoms with E-state index in [4.69, 9.17) is 21.8 Å². The van der Waals surface area contributed by atoms with Gasteiger partial charge in [0, 0.05) is 6.20 Å². The number of carbonyl (C=O) groups excluding carboxylic acids is 1. The molecule has 0 unspecified atom stereocenters. The number of nitrogens with zero attached hydrogens (tertiary/aromatic N) is 1. The number of carboxylic acids is 1. The minimum Gasteiger partial charge on any atom is -0.479 e. The molecule has 16 heavy (non-hydrogen) atoms. The molecule has 0 saturated carbocycles. The van der Waals surface area contributed by atoms with Crippen LogP contribution in [0, 0.1) is 0 Å². The van der Waals surface area contributed by atoms with Gasteiger partial charge in [-0.25, -0.2) is 9.78 Å². The molecule has 0 aliphatic carbocycles. The van der Waals surface area contributed by atoms with Gasteiger partial charge in [-0.1, -0.05) is 11.6 Å². The number of hydrogen-bond donors (Lipinski definition) is 3. The van der Waals surface area contributed by atoms with Crippen molar-refractivity contribution in [1.82, 2.24) is 10.3 Å². The van der Waals surface area contributed by atoms with Crippen molar-refractivity contribution < 1.29 is 19.8 Å². The summed E-state index contributed by atoms with van der Waals surface area (Å²) in [6, 6.07) is 2.88. The maximum Gasteiger partial charge on any atom is 0.334 e. The number of carboxylic acid groups (broad SMARTS) is 1. The average molecular weight is 245 g/mol. The highest BCUT2D eigenvalue weighted by atomic mass is 35.5. The third-order valence-electron chi connectivity index (χ3n) is 1.73. The number of hydrogen-bond acceptors (Lipinski definition) is 4. The number of pyridine rings is 1. The number of aliphatic hydroxyl groups excluding tert-OH is 1. The molecular weight excluding hydrogens is 236 g/mol. The molecule has 0 fully saturated rings. The summed E-state index contributed by atoms with van der Waals surface area (Å²) in [6.45, 7) is -0.364. The molecule has 0 aliphatic heterocycles. The van der Waals surface area contributed by atoms with Crippen LogP contribution < -0.4 is 5.32 Å². The second kappa shape index (κ2) is 5.43. The van der Waals surface area contributed by atoms with Crippen molar-refractivity contribution >= 4 is 23.5 Å². The van der Waals surface area contributed by atoms with E-state index in [1.807, 2.05) is 0 Å². The normalized spacial score (nSPS) is 11.9. The first-order valence-corrected chi connectivity index (χ1v) is 4.69. The topological polar surface area (TPSA) is 99.5 Å². The molecule has 1 aromatic rings. The third kappa shape index (κ3) is 3.48. The van der Waals surface area contributed by atoms with E-state index in [1.165, 1.54) is 18.3 Å². The maximum absolute atomic E-state index is 11.4. The SMILES string of the molecule is O=C(NC[C@H](O)C(=O)O)c1ccc(Cl)nc1. The zero-order valence-electron chi connectivity index (χ0n) is 8.05. The molecule has 1 aromatic heterocycles. The quantitative estimate of drug-likeness (QED) is 0.643. The van der Waals surface area contributed by atoms with Crippen LogP contribution in [-0.4, -0.2) is 39.7 Å². The fourth-order valence-electron chi connectivity index (χ4n) is 0.889. The molecule has 0 aliphatic rings. The predicted octanol–water partition coefficient (Wildman–Crippen LogP) is -0.0897. The van der Waals surface area contributed by atoms with Gasteiger partial charge >= 0.3 is 5.97 Å². The van der Waals surface area contributed by atoms with Crippen LogP contribution in [0.5, 0.6) is 0 Å². The van der Waals surface area contributed by atoms with Crippen LogP contribution in [0.15, 0.2) is 18.3 Å². The fourth-order valence-corrected chi connectivity index (χ4v) is 1.00. The molecule has 7 heteroatoms. The van der Waals surface area contributed by atoms with Crippen LogP contribution in [0.1, 0.15) is 10.4 Å². The molecular formula is C9H9ClN2O4. The lowest BCUT2D eigenvalue weighted by atomic mass is 10.2. The Labute approximate surface area is 95.9 Å². The number of aliphatic hydroxyl groups is 1. The van der Waals surface area contributed by atoms with Gasteiger partial charge in [-0.2, -0.15) is 0 Å². The monoisotopic (exact) mass is 244 g/mol. The Kier molecular flexibility index (Phi) is 4.21. The van der Waals surface area contributed by atoms with E-state index >= 15 is 0 Å². The summed E-state index contributed by atoms with van der Waals surface area (Å²) in [5.41, 5.74) is 0.238. The fraction of sp³-hybridized carbons (Fsp3) is 0.222. The Balaban J connectivity index is 2.53. The van der Waals surface area contributed by atoms with Crippen molar-refractivity contribution in [2.45, 2.75) is 6.10 Å². The number of rotatable bonds is 4. The summed E-state index contributed by atoms with van der Waals surface area (Å²) in [5.74, 6) is -1.92. The number of carbonyl (C=O) groups is 2. The van der Waals surface area contributed by atoms with E-state index in [9.17, 15) is 9.59 Å². The lowest BCUT2D eigenvalue weighted by molar-refractivity contribution is -0.146. The highest BCUT2D eigenvalue weighted by Crippen LogP contribution is 2.04. The lowest BCUT2D eigenvalue weighted by Gasteiger charge is -2.07. The van der Waals surface area contributed by atoms with E-state index in [0.29, 0.717) is 0 Å². The first-order chi connectivity index (χ1) is 7.50. The molecule has 0 aromatic carbocycles. The first-order valence-electron chi connectivity index (χ1n) is 4.31. The van der Waals surface area contributed by atoms with Gasteiger partial charge in [0.05, 0.1) is 12.1 Å². The van der Waals surface area contributed by atoms with Crippen molar-refractivity contribution in [3.8, 4) is 0 Å². The van der Waals surface area contributed by atoms with Gasteiger partial charge in [0.2, 0.25) is 0 Å². The van der Waals surface area contributed by atoms with Crippen LogP contribution in [0.2, 0.25) is 5.15 Å². The van der Waals surface area contributed by atoms with Crippen LogP contribution in [-0.2, 0) is 4.79 Å². The smallest absolute Gasteiger partial charge is 0.334 e. The van der Waals surface area contributed by atoms with Gasteiger partial charge in [0.1, 0.15) is 5.15 Å². The van der Waals surface area contributed by atoms with Crippen molar-refractivity contribution in [2.75, 3.05) is 6.54 Å². The second-order valence-corrected chi connectivity index (χ2v) is 3.32. The summed E-state index contributed by atoms with van der Waals surface area (Å²) in [7, 11) is 0. The van der Waals surface area contributed by atoms with Crippen molar-refractivity contribution in [1.29, 1.82) is 0 Å². The van der Waals surface area contributed by atoms with Gasteiger partial charge in [0.15, 0.2) is 6.10 Å². The molecule has 1 heterocycles. The first kappa shape index (κ1) is 12.4. The number of nitrogens with one attached hydrogen (secondary N) is 1. The molecule has 1 rings (SSSR count). The Hall–Kier alpha value is -1.66. The van der Waals surface area contributed by atoms with Gasteiger partial charge in [0.25, 0.3) is 5.91 Å². The molecule has 0 radical (unpaired) electrons. The van der Waals surface area contributed by atoms with Gasteiger partial charge < -0.3 is 15.5 Å². The second-order valence-electron chi connectivity index (χ2n) is 2.93. The molecule has 0 spiro atoms. The number of aliphatic carboxylic acids is 1. The van der Waals surface area contributed by atoms with E-state index in [2.05, 4.69) is 10.3 Å². The van der Waals surface area contributed by atoms with Crippen LogP contribution in [0.3, 0.4) is 0 Å². The zero-order chi connectivity index (χ0) is 12.1. The van der Waals surface area contributed by atoms with Crippen molar-refractivity contribution in [2.24, 2.45) is 0 Å². The van der Waals surface area contributed by atoms with Gasteiger partial charge in [-0.15, -0.1) is 0 Å². The number of halogens is 1. The van der Waals surface area contributed by atoms with Gasteiger partial charge in [-0.3, -0.25) is 4.79 Å². The predicted molar refractivity (Wildman–Crippen MR) is 55.2 cm³/mol. The highest BCUT2D eigenvalue weighted by Gasteiger charge is 2.14. The summed E-state index contributed by atoms with van der Waals surface area (Å²) in [6.07, 6.45) is -0.366. The molecule has 6 nitrogen and oxygen atoms in total. The molecule has 0 saturated heterocycles. The van der Waals surface area contributed by atoms with Crippen molar-refractivity contribution in [3.05, 3.63) is 29.0 Å². The summed E-state index contributed by atoms with van der Waals surface area (Å²) in [4.78, 5) is 25.3.